The Hall–Kier alpha value is -2.69. The van der Waals surface area contributed by atoms with Gasteiger partial charge >= 0.3 is 6.09 Å². The lowest BCUT2D eigenvalue weighted by Crippen LogP contribution is -2.47. The summed E-state index contributed by atoms with van der Waals surface area (Å²) in [7, 11) is 3.99. The number of amides is 1. The van der Waals surface area contributed by atoms with Gasteiger partial charge in [0.15, 0.2) is 0 Å². The van der Waals surface area contributed by atoms with Crippen molar-refractivity contribution in [3.8, 4) is 0 Å². The number of hydrogen-bond acceptors (Lipinski definition) is 4. The quantitative estimate of drug-likeness (QED) is 0.683. The minimum absolute atomic E-state index is 0.222. The third-order valence-electron chi connectivity index (χ3n) is 5.59. The lowest BCUT2D eigenvalue weighted by Gasteiger charge is -2.38. The highest BCUT2D eigenvalue weighted by atomic mass is 16.6. The van der Waals surface area contributed by atoms with Crippen molar-refractivity contribution in [3.05, 3.63) is 60.2 Å². The Kier molecular flexibility index (Phi) is 6.91. The molecule has 1 saturated heterocycles. The summed E-state index contributed by atoms with van der Waals surface area (Å²) < 4.78 is 5.52. The van der Waals surface area contributed by atoms with E-state index in [1.165, 1.54) is 16.9 Å². The van der Waals surface area contributed by atoms with Gasteiger partial charge in [0.2, 0.25) is 0 Å². The van der Waals surface area contributed by atoms with E-state index in [4.69, 9.17) is 4.74 Å². The topological polar surface area (TPSA) is 36.0 Å². The number of rotatable bonds is 5. The van der Waals surface area contributed by atoms with Crippen LogP contribution in [-0.4, -0.2) is 49.8 Å². The molecule has 2 aromatic carbocycles. The van der Waals surface area contributed by atoms with Gasteiger partial charge in [-0.15, -0.1) is 0 Å². The van der Waals surface area contributed by atoms with E-state index in [1.54, 1.807) is 4.90 Å². The fourth-order valence-corrected chi connectivity index (χ4v) is 3.87. The third-order valence-corrected chi connectivity index (χ3v) is 5.59. The Morgan fingerprint density at radius 2 is 1.70 bits per heavy atom. The summed E-state index contributed by atoms with van der Waals surface area (Å²) in [4.78, 5) is 18.8. The molecule has 1 fully saturated rings. The first-order valence-corrected chi connectivity index (χ1v) is 10.8. The highest BCUT2D eigenvalue weighted by Gasteiger charge is 2.28. The summed E-state index contributed by atoms with van der Waals surface area (Å²) in [6.45, 7) is 8.47. The van der Waals surface area contributed by atoms with Gasteiger partial charge in [0.25, 0.3) is 0 Å². The van der Waals surface area contributed by atoms with Crippen molar-refractivity contribution >= 4 is 17.5 Å². The van der Waals surface area contributed by atoms with Gasteiger partial charge in [0, 0.05) is 51.1 Å². The van der Waals surface area contributed by atoms with Crippen molar-refractivity contribution in [1.82, 2.24) is 4.90 Å². The average Bonchev–Trinajstić information content (AvgIpc) is 2.73. The van der Waals surface area contributed by atoms with E-state index in [0.29, 0.717) is 0 Å². The largest absolute Gasteiger partial charge is 0.444 e. The van der Waals surface area contributed by atoms with Gasteiger partial charge in [-0.2, -0.15) is 0 Å². The molecule has 1 heterocycles. The highest BCUT2D eigenvalue weighted by molar-refractivity contribution is 5.68. The Morgan fingerprint density at radius 3 is 2.33 bits per heavy atom. The molecular formula is C25H35N3O2. The van der Waals surface area contributed by atoms with Crippen molar-refractivity contribution in [2.24, 2.45) is 0 Å². The number of benzene rings is 2. The van der Waals surface area contributed by atoms with E-state index in [0.717, 1.165) is 32.5 Å². The SMILES string of the molecule is CN(Cc1ccccc1)c1cccc(N2CCC(N(C)C(=O)OC(C)(C)C)CC2)c1. The number of anilines is 2. The van der Waals surface area contributed by atoms with Gasteiger partial charge in [-0.25, -0.2) is 4.79 Å². The fraction of sp³-hybridized carbons (Fsp3) is 0.480. The number of carbonyl (C=O) groups is 1. The molecule has 162 valence electrons. The number of ether oxygens (including phenoxy) is 1. The van der Waals surface area contributed by atoms with Crippen molar-refractivity contribution in [2.75, 3.05) is 37.0 Å². The number of nitrogens with zero attached hydrogens (tertiary/aromatic N) is 3. The van der Waals surface area contributed by atoms with Crippen LogP contribution in [0.2, 0.25) is 0 Å². The maximum Gasteiger partial charge on any atom is 0.410 e. The smallest absolute Gasteiger partial charge is 0.410 e. The first-order chi connectivity index (χ1) is 14.2. The van der Waals surface area contributed by atoms with Crippen LogP contribution >= 0.6 is 0 Å². The summed E-state index contributed by atoms with van der Waals surface area (Å²) in [5, 5.41) is 0. The van der Waals surface area contributed by atoms with Crippen molar-refractivity contribution in [1.29, 1.82) is 0 Å². The molecule has 3 rings (SSSR count). The second-order valence-corrected chi connectivity index (χ2v) is 9.17. The fourth-order valence-electron chi connectivity index (χ4n) is 3.87. The van der Waals surface area contributed by atoms with Crippen LogP contribution in [0.25, 0.3) is 0 Å². The maximum absolute atomic E-state index is 12.4. The second-order valence-electron chi connectivity index (χ2n) is 9.17. The molecule has 0 atom stereocenters. The number of carbonyl (C=O) groups excluding carboxylic acids is 1. The van der Waals surface area contributed by atoms with Crippen molar-refractivity contribution < 1.29 is 9.53 Å². The molecule has 0 N–H and O–H groups in total. The maximum atomic E-state index is 12.4. The second kappa shape index (κ2) is 9.41. The van der Waals surface area contributed by atoms with E-state index < -0.39 is 5.60 Å². The molecule has 0 aromatic heterocycles. The molecule has 1 aliphatic heterocycles. The lowest BCUT2D eigenvalue weighted by molar-refractivity contribution is 0.0201. The first kappa shape index (κ1) is 22.0. The van der Waals surface area contributed by atoms with E-state index in [9.17, 15) is 4.79 Å². The summed E-state index contributed by atoms with van der Waals surface area (Å²) in [5.41, 5.74) is 3.30. The predicted molar refractivity (Wildman–Crippen MR) is 124 cm³/mol. The van der Waals surface area contributed by atoms with E-state index in [-0.39, 0.29) is 12.1 Å². The first-order valence-electron chi connectivity index (χ1n) is 10.8. The molecule has 1 amide bonds. The molecule has 0 spiro atoms. The minimum Gasteiger partial charge on any atom is -0.444 e. The van der Waals surface area contributed by atoms with Gasteiger partial charge in [0.1, 0.15) is 5.60 Å². The van der Waals surface area contributed by atoms with Crippen LogP contribution in [0.4, 0.5) is 16.2 Å². The molecule has 1 aliphatic rings. The Bertz CT molecular complexity index is 824. The number of hydrogen-bond donors (Lipinski definition) is 0. The van der Waals surface area contributed by atoms with Crippen LogP contribution in [0.1, 0.15) is 39.2 Å². The van der Waals surface area contributed by atoms with Crippen molar-refractivity contribution in [3.63, 3.8) is 0 Å². The van der Waals surface area contributed by atoms with Crippen LogP contribution in [-0.2, 0) is 11.3 Å². The molecule has 2 aromatic rings. The molecule has 30 heavy (non-hydrogen) atoms. The number of piperidine rings is 1. The summed E-state index contributed by atoms with van der Waals surface area (Å²) >= 11 is 0. The zero-order valence-corrected chi connectivity index (χ0v) is 19.0. The van der Waals surface area contributed by atoms with Gasteiger partial charge in [-0.1, -0.05) is 36.4 Å². The Morgan fingerprint density at radius 1 is 1.03 bits per heavy atom. The van der Waals surface area contributed by atoms with E-state index in [1.807, 2.05) is 33.9 Å². The molecule has 5 heteroatoms. The Balaban J connectivity index is 1.58. The Labute approximate surface area is 181 Å². The molecule has 0 radical (unpaired) electrons. The van der Waals surface area contributed by atoms with Crippen LogP contribution in [0.5, 0.6) is 0 Å². The normalized spacial score (nSPS) is 15.0. The van der Waals surface area contributed by atoms with E-state index >= 15 is 0 Å². The van der Waals surface area contributed by atoms with Gasteiger partial charge in [0.05, 0.1) is 0 Å². The summed E-state index contributed by atoms with van der Waals surface area (Å²) in [6, 6.07) is 19.5. The third kappa shape index (κ3) is 5.91. The van der Waals surface area contributed by atoms with Crippen LogP contribution in [0.3, 0.4) is 0 Å². The van der Waals surface area contributed by atoms with Crippen molar-refractivity contribution in [2.45, 2.75) is 51.8 Å². The van der Waals surface area contributed by atoms with Gasteiger partial charge in [-0.05, 0) is 57.4 Å². The average molecular weight is 410 g/mol. The monoisotopic (exact) mass is 409 g/mol. The molecular weight excluding hydrogens is 374 g/mol. The zero-order valence-electron chi connectivity index (χ0n) is 19.0. The minimum atomic E-state index is -0.460. The van der Waals surface area contributed by atoms with Crippen LogP contribution in [0, 0.1) is 0 Å². The molecule has 5 nitrogen and oxygen atoms in total. The summed E-state index contributed by atoms with van der Waals surface area (Å²) in [6.07, 6.45) is 1.66. The molecule has 0 unspecified atom stereocenters. The molecule has 0 aliphatic carbocycles. The zero-order chi connectivity index (χ0) is 21.7. The van der Waals surface area contributed by atoms with Crippen LogP contribution in [0.15, 0.2) is 54.6 Å². The van der Waals surface area contributed by atoms with Gasteiger partial charge < -0.3 is 19.4 Å². The highest BCUT2D eigenvalue weighted by Crippen LogP contribution is 2.27. The molecule has 0 saturated carbocycles. The van der Waals surface area contributed by atoms with Crippen LogP contribution < -0.4 is 9.80 Å². The standard InChI is InChI=1S/C25H35N3O2/c1-25(2,3)30-24(29)27(5)21-14-16-28(17-15-21)23-13-9-12-22(18-23)26(4)19-20-10-7-6-8-11-20/h6-13,18,21H,14-17,19H2,1-5H3. The predicted octanol–water partition coefficient (Wildman–Crippen LogP) is 5.16. The summed E-state index contributed by atoms with van der Waals surface area (Å²) in [5.74, 6) is 0. The van der Waals surface area contributed by atoms with E-state index in [2.05, 4.69) is 65.4 Å². The lowest BCUT2D eigenvalue weighted by atomic mass is 10.0. The molecule has 0 bridgehead atoms. The van der Waals surface area contributed by atoms with Gasteiger partial charge in [-0.3, -0.25) is 0 Å².